The summed E-state index contributed by atoms with van der Waals surface area (Å²) in [5.74, 6) is 0.730. The van der Waals surface area contributed by atoms with Crippen molar-refractivity contribution in [2.24, 2.45) is 5.92 Å². The lowest BCUT2D eigenvalue weighted by molar-refractivity contribution is 0.122. The molecule has 1 aliphatic heterocycles. The molecule has 0 N–H and O–H groups in total. The van der Waals surface area contributed by atoms with Crippen LogP contribution < -0.4 is 4.90 Å². The molecule has 1 aromatic rings. The topological polar surface area (TPSA) is 12.5 Å². The highest BCUT2D eigenvalue weighted by atomic mass is 16.5. The molecule has 1 saturated heterocycles. The summed E-state index contributed by atoms with van der Waals surface area (Å²) in [6.45, 7) is 13.0. The maximum atomic E-state index is 5.40. The van der Waals surface area contributed by atoms with E-state index in [4.69, 9.17) is 4.74 Å². The highest BCUT2D eigenvalue weighted by Gasteiger charge is 2.22. The Kier molecular flexibility index (Phi) is 4.51. The highest BCUT2D eigenvalue weighted by Crippen LogP contribution is 2.31. The number of hydrogen-bond donors (Lipinski definition) is 0. The normalized spacial score (nSPS) is 17.0. The molecule has 2 rings (SSSR count). The number of nitrogens with zero attached hydrogens (tertiary/aromatic N) is 1. The van der Waals surface area contributed by atoms with Crippen LogP contribution in [-0.2, 0) is 10.2 Å². The standard InChI is InChI=1S/C17H27NO/c1-14(2)13-17(3,4)15-5-7-16(8-6-15)18-9-11-19-12-10-18/h5-8,14H,9-13H2,1-4H3. The first-order valence-electron chi connectivity index (χ1n) is 7.42. The number of anilines is 1. The zero-order valence-electron chi connectivity index (χ0n) is 12.8. The smallest absolute Gasteiger partial charge is 0.0642 e. The van der Waals surface area contributed by atoms with E-state index in [1.807, 2.05) is 0 Å². The summed E-state index contributed by atoms with van der Waals surface area (Å²) in [6.07, 6.45) is 1.23. The van der Waals surface area contributed by atoms with Gasteiger partial charge in [-0.1, -0.05) is 39.8 Å². The fraction of sp³-hybridized carbons (Fsp3) is 0.647. The van der Waals surface area contributed by atoms with Gasteiger partial charge in [-0.3, -0.25) is 0 Å². The lowest BCUT2D eigenvalue weighted by Crippen LogP contribution is -2.36. The molecule has 0 unspecified atom stereocenters. The van der Waals surface area contributed by atoms with Crippen molar-refractivity contribution in [3.63, 3.8) is 0 Å². The van der Waals surface area contributed by atoms with Crippen LogP contribution in [0.2, 0.25) is 0 Å². The molecule has 0 atom stereocenters. The summed E-state index contributed by atoms with van der Waals surface area (Å²) in [6, 6.07) is 9.13. The van der Waals surface area contributed by atoms with Crippen molar-refractivity contribution in [1.82, 2.24) is 0 Å². The third-order valence-corrected chi connectivity index (χ3v) is 3.94. The molecule has 106 valence electrons. The van der Waals surface area contributed by atoms with Crippen LogP contribution >= 0.6 is 0 Å². The second-order valence-corrected chi connectivity index (χ2v) is 6.63. The molecule has 0 radical (unpaired) electrons. The Hall–Kier alpha value is -1.02. The van der Waals surface area contributed by atoms with Crippen LogP contribution in [0.1, 0.15) is 39.7 Å². The Morgan fingerprint density at radius 3 is 2.21 bits per heavy atom. The van der Waals surface area contributed by atoms with Crippen LogP contribution in [0.3, 0.4) is 0 Å². The monoisotopic (exact) mass is 261 g/mol. The van der Waals surface area contributed by atoms with Crippen molar-refractivity contribution in [2.75, 3.05) is 31.2 Å². The Labute approximate surface area is 117 Å². The fourth-order valence-electron chi connectivity index (χ4n) is 3.08. The maximum Gasteiger partial charge on any atom is 0.0642 e. The van der Waals surface area contributed by atoms with Gasteiger partial charge in [0.1, 0.15) is 0 Å². The van der Waals surface area contributed by atoms with E-state index in [1.165, 1.54) is 17.7 Å². The highest BCUT2D eigenvalue weighted by molar-refractivity contribution is 5.48. The van der Waals surface area contributed by atoms with Gasteiger partial charge in [-0.05, 0) is 35.4 Å². The summed E-state index contributed by atoms with van der Waals surface area (Å²) < 4.78 is 5.40. The van der Waals surface area contributed by atoms with Gasteiger partial charge in [0, 0.05) is 18.8 Å². The minimum Gasteiger partial charge on any atom is -0.378 e. The van der Waals surface area contributed by atoms with Crippen molar-refractivity contribution in [3.8, 4) is 0 Å². The largest absolute Gasteiger partial charge is 0.378 e. The predicted molar refractivity (Wildman–Crippen MR) is 82.0 cm³/mol. The first-order chi connectivity index (χ1) is 8.99. The van der Waals surface area contributed by atoms with Gasteiger partial charge < -0.3 is 9.64 Å². The minimum absolute atomic E-state index is 0.262. The first kappa shape index (κ1) is 14.4. The molecule has 0 spiro atoms. The average Bonchev–Trinajstić information content (AvgIpc) is 2.38. The van der Waals surface area contributed by atoms with Gasteiger partial charge in [-0.25, -0.2) is 0 Å². The van der Waals surface area contributed by atoms with Gasteiger partial charge >= 0.3 is 0 Å². The van der Waals surface area contributed by atoms with Gasteiger partial charge in [0.05, 0.1) is 13.2 Å². The Balaban J connectivity index is 2.09. The van der Waals surface area contributed by atoms with E-state index in [-0.39, 0.29) is 5.41 Å². The molecule has 1 fully saturated rings. The minimum atomic E-state index is 0.262. The van der Waals surface area contributed by atoms with Crippen molar-refractivity contribution >= 4 is 5.69 Å². The SMILES string of the molecule is CC(C)CC(C)(C)c1ccc(N2CCOCC2)cc1. The molecule has 0 saturated carbocycles. The first-order valence-corrected chi connectivity index (χ1v) is 7.42. The van der Waals surface area contributed by atoms with Crippen LogP contribution in [-0.4, -0.2) is 26.3 Å². The molecular weight excluding hydrogens is 234 g/mol. The van der Waals surface area contributed by atoms with Crippen molar-refractivity contribution in [3.05, 3.63) is 29.8 Å². The van der Waals surface area contributed by atoms with Crippen molar-refractivity contribution in [2.45, 2.75) is 39.5 Å². The Morgan fingerprint density at radius 1 is 1.11 bits per heavy atom. The summed E-state index contributed by atoms with van der Waals surface area (Å²) in [7, 11) is 0. The number of rotatable bonds is 4. The second kappa shape index (κ2) is 5.96. The third kappa shape index (κ3) is 3.73. The van der Waals surface area contributed by atoms with Crippen LogP contribution in [0, 0.1) is 5.92 Å². The van der Waals surface area contributed by atoms with E-state index in [0.29, 0.717) is 0 Å². The molecule has 0 amide bonds. The van der Waals surface area contributed by atoms with Gasteiger partial charge in [0.15, 0.2) is 0 Å². The zero-order valence-corrected chi connectivity index (χ0v) is 12.8. The number of benzene rings is 1. The summed E-state index contributed by atoms with van der Waals surface area (Å²) in [4.78, 5) is 2.41. The average molecular weight is 261 g/mol. The van der Waals surface area contributed by atoms with E-state index in [9.17, 15) is 0 Å². The summed E-state index contributed by atoms with van der Waals surface area (Å²) in [5, 5.41) is 0. The molecule has 1 aliphatic rings. The van der Waals surface area contributed by atoms with Crippen molar-refractivity contribution in [1.29, 1.82) is 0 Å². The van der Waals surface area contributed by atoms with Crippen LogP contribution in [0.25, 0.3) is 0 Å². The fourth-order valence-corrected chi connectivity index (χ4v) is 3.08. The Bertz CT molecular complexity index is 388. The molecule has 0 aromatic heterocycles. The van der Waals surface area contributed by atoms with Crippen LogP contribution in [0.15, 0.2) is 24.3 Å². The lowest BCUT2D eigenvalue weighted by Gasteiger charge is -2.31. The van der Waals surface area contributed by atoms with Gasteiger partial charge in [0.2, 0.25) is 0 Å². The number of morpholine rings is 1. The lowest BCUT2D eigenvalue weighted by atomic mass is 9.78. The molecule has 19 heavy (non-hydrogen) atoms. The van der Waals surface area contributed by atoms with Gasteiger partial charge in [-0.15, -0.1) is 0 Å². The molecule has 1 aromatic carbocycles. The molecule has 1 heterocycles. The summed E-state index contributed by atoms with van der Waals surface area (Å²) >= 11 is 0. The van der Waals surface area contributed by atoms with Crippen molar-refractivity contribution < 1.29 is 4.74 Å². The molecule has 2 nitrogen and oxygen atoms in total. The molecular formula is C17H27NO. The third-order valence-electron chi connectivity index (χ3n) is 3.94. The number of ether oxygens (including phenoxy) is 1. The van der Waals surface area contributed by atoms with Crippen LogP contribution in [0.5, 0.6) is 0 Å². The van der Waals surface area contributed by atoms with E-state index in [1.54, 1.807) is 0 Å². The van der Waals surface area contributed by atoms with E-state index >= 15 is 0 Å². The predicted octanol–water partition coefficient (Wildman–Crippen LogP) is 3.85. The number of hydrogen-bond acceptors (Lipinski definition) is 2. The summed E-state index contributed by atoms with van der Waals surface area (Å²) in [5.41, 5.74) is 3.03. The second-order valence-electron chi connectivity index (χ2n) is 6.63. The molecule has 0 bridgehead atoms. The maximum absolute atomic E-state index is 5.40. The van der Waals surface area contributed by atoms with E-state index in [2.05, 4.69) is 56.9 Å². The zero-order chi connectivity index (χ0) is 13.9. The van der Waals surface area contributed by atoms with Gasteiger partial charge in [0.25, 0.3) is 0 Å². The van der Waals surface area contributed by atoms with E-state index in [0.717, 1.165) is 32.2 Å². The molecule has 0 aliphatic carbocycles. The Morgan fingerprint density at radius 2 is 1.68 bits per heavy atom. The van der Waals surface area contributed by atoms with E-state index < -0.39 is 0 Å². The molecule has 2 heteroatoms. The van der Waals surface area contributed by atoms with Gasteiger partial charge in [-0.2, -0.15) is 0 Å². The van der Waals surface area contributed by atoms with Crippen LogP contribution in [0.4, 0.5) is 5.69 Å². The quantitative estimate of drug-likeness (QED) is 0.816.